The third-order valence-electron chi connectivity index (χ3n) is 4.39. The highest BCUT2D eigenvalue weighted by Crippen LogP contribution is 2.23. The highest BCUT2D eigenvalue weighted by molar-refractivity contribution is 5.33. The van der Waals surface area contributed by atoms with E-state index in [9.17, 15) is 4.39 Å². The minimum Gasteiger partial charge on any atom is -0.294 e. The van der Waals surface area contributed by atoms with Crippen molar-refractivity contribution in [2.75, 3.05) is 6.54 Å². The largest absolute Gasteiger partial charge is 0.294 e. The standard InChI is InChI=1S/C17H20FN5/c1-12-20-13(2)23(21-12)11-16-4-3-7-22(16)10-15-8-14(9-19)5-6-17(15)18/h5-6,8,16H,3-4,7,10-11H2,1-2H3. The predicted octanol–water partition coefficient (Wildman–Crippen LogP) is 2.57. The summed E-state index contributed by atoms with van der Waals surface area (Å²) >= 11 is 0. The van der Waals surface area contributed by atoms with Crippen molar-refractivity contribution in [2.24, 2.45) is 0 Å². The summed E-state index contributed by atoms with van der Waals surface area (Å²) in [6.07, 6.45) is 2.16. The Morgan fingerprint density at radius 3 is 2.91 bits per heavy atom. The van der Waals surface area contributed by atoms with Crippen LogP contribution in [0.2, 0.25) is 0 Å². The number of hydrogen-bond donors (Lipinski definition) is 0. The van der Waals surface area contributed by atoms with Crippen LogP contribution in [-0.4, -0.2) is 32.3 Å². The maximum Gasteiger partial charge on any atom is 0.147 e. The molecule has 0 N–H and O–H groups in total. The fourth-order valence-corrected chi connectivity index (χ4v) is 3.23. The first-order valence-electron chi connectivity index (χ1n) is 7.87. The summed E-state index contributed by atoms with van der Waals surface area (Å²) < 4.78 is 15.9. The SMILES string of the molecule is Cc1nc(C)n(CC2CCCN2Cc2cc(C#N)ccc2F)n1. The number of aromatic nitrogens is 3. The molecule has 1 aliphatic heterocycles. The molecule has 1 unspecified atom stereocenters. The molecule has 0 bridgehead atoms. The molecule has 5 nitrogen and oxygen atoms in total. The van der Waals surface area contributed by atoms with E-state index in [1.807, 2.05) is 18.5 Å². The van der Waals surface area contributed by atoms with Gasteiger partial charge in [0, 0.05) is 18.2 Å². The summed E-state index contributed by atoms with van der Waals surface area (Å²) in [5.41, 5.74) is 1.09. The van der Waals surface area contributed by atoms with Crippen LogP contribution in [0.4, 0.5) is 4.39 Å². The van der Waals surface area contributed by atoms with Crippen LogP contribution in [-0.2, 0) is 13.1 Å². The number of hydrogen-bond acceptors (Lipinski definition) is 4. The van der Waals surface area contributed by atoms with E-state index in [1.54, 1.807) is 6.07 Å². The molecule has 0 amide bonds. The molecular weight excluding hydrogens is 293 g/mol. The first-order chi connectivity index (χ1) is 11.1. The fourth-order valence-electron chi connectivity index (χ4n) is 3.23. The monoisotopic (exact) mass is 313 g/mol. The third kappa shape index (κ3) is 3.40. The minimum absolute atomic E-state index is 0.248. The molecule has 1 aromatic carbocycles. The summed E-state index contributed by atoms with van der Waals surface area (Å²) in [4.78, 5) is 6.61. The molecule has 3 rings (SSSR count). The van der Waals surface area contributed by atoms with Gasteiger partial charge >= 0.3 is 0 Å². The quantitative estimate of drug-likeness (QED) is 0.870. The predicted molar refractivity (Wildman–Crippen MR) is 84.0 cm³/mol. The Morgan fingerprint density at radius 2 is 2.22 bits per heavy atom. The lowest BCUT2D eigenvalue weighted by atomic mass is 10.1. The Hall–Kier alpha value is -2.26. The van der Waals surface area contributed by atoms with Crippen molar-refractivity contribution >= 4 is 0 Å². The Balaban J connectivity index is 1.75. The molecule has 0 saturated carbocycles. The zero-order chi connectivity index (χ0) is 16.4. The molecule has 0 radical (unpaired) electrons. The molecule has 1 atom stereocenters. The summed E-state index contributed by atoms with van der Waals surface area (Å²) in [5.74, 6) is 1.44. The number of nitrogens with zero attached hydrogens (tertiary/aromatic N) is 5. The second-order valence-electron chi connectivity index (χ2n) is 6.07. The van der Waals surface area contributed by atoms with E-state index < -0.39 is 0 Å². The third-order valence-corrected chi connectivity index (χ3v) is 4.39. The highest BCUT2D eigenvalue weighted by atomic mass is 19.1. The van der Waals surface area contributed by atoms with Gasteiger partial charge in [-0.25, -0.2) is 14.1 Å². The minimum atomic E-state index is -0.248. The van der Waals surface area contributed by atoms with Crippen molar-refractivity contribution in [3.05, 3.63) is 46.8 Å². The number of benzene rings is 1. The van der Waals surface area contributed by atoms with Gasteiger partial charge in [0.15, 0.2) is 0 Å². The van der Waals surface area contributed by atoms with Gasteiger partial charge in [0.2, 0.25) is 0 Å². The van der Waals surface area contributed by atoms with Crippen molar-refractivity contribution in [3.8, 4) is 6.07 Å². The molecule has 1 fully saturated rings. The molecular formula is C17H20FN5. The van der Waals surface area contributed by atoms with Crippen LogP contribution in [0.25, 0.3) is 0 Å². The average Bonchev–Trinajstić information content (AvgIpc) is 3.08. The zero-order valence-electron chi connectivity index (χ0n) is 13.5. The van der Waals surface area contributed by atoms with Crippen LogP contribution in [0.1, 0.15) is 35.6 Å². The molecule has 0 spiro atoms. The Morgan fingerprint density at radius 1 is 1.39 bits per heavy atom. The van der Waals surface area contributed by atoms with Crippen molar-refractivity contribution in [1.82, 2.24) is 19.7 Å². The molecule has 6 heteroatoms. The van der Waals surface area contributed by atoms with Crippen molar-refractivity contribution < 1.29 is 4.39 Å². The van der Waals surface area contributed by atoms with Crippen molar-refractivity contribution in [1.29, 1.82) is 5.26 Å². The van der Waals surface area contributed by atoms with Crippen LogP contribution in [0.5, 0.6) is 0 Å². The normalized spacial score (nSPS) is 18.3. The number of likely N-dealkylation sites (tertiary alicyclic amines) is 1. The molecule has 120 valence electrons. The van der Waals surface area contributed by atoms with Gasteiger partial charge in [-0.05, 0) is 51.4 Å². The Kier molecular flexibility index (Phi) is 4.39. The van der Waals surface area contributed by atoms with E-state index in [0.717, 1.165) is 37.6 Å². The number of nitriles is 1. The van der Waals surface area contributed by atoms with Gasteiger partial charge in [-0.1, -0.05) is 0 Å². The van der Waals surface area contributed by atoms with Crippen LogP contribution in [0.3, 0.4) is 0 Å². The van der Waals surface area contributed by atoms with Crippen molar-refractivity contribution in [2.45, 2.75) is 45.8 Å². The summed E-state index contributed by atoms with van der Waals surface area (Å²) in [5, 5.41) is 13.4. The molecule has 2 aromatic rings. The summed E-state index contributed by atoms with van der Waals surface area (Å²) in [7, 11) is 0. The molecule has 1 aromatic heterocycles. The molecule has 23 heavy (non-hydrogen) atoms. The van der Waals surface area contributed by atoms with Gasteiger partial charge in [-0.3, -0.25) is 4.90 Å². The van der Waals surface area contributed by atoms with E-state index in [1.165, 1.54) is 12.1 Å². The maximum absolute atomic E-state index is 14.0. The second-order valence-corrected chi connectivity index (χ2v) is 6.07. The van der Waals surface area contributed by atoms with Gasteiger partial charge in [-0.2, -0.15) is 10.4 Å². The lowest BCUT2D eigenvalue weighted by Crippen LogP contribution is -2.33. The van der Waals surface area contributed by atoms with E-state index >= 15 is 0 Å². The summed E-state index contributed by atoms with van der Waals surface area (Å²) in [6.45, 7) is 6.08. The van der Waals surface area contributed by atoms with E-state index in [4.69, 9.17) is 5.26 Å². The van der Waals surface area contributed by atoms with E-state index in [0.29, 0.717) is 23.7 Å². The van der Waals surface area contributed by atoms with Crippen LogP contribution in [0, 0.1) is 31.0 Å². The van der Waals surface area contributed by atoms with Crippen LogP contribution < -0.4 is 0 Å². The van der Waals surface area contributed by atoms with E-state index in [2.05, 4.69) is 21.1 Å². The zero-order valence-corrected chi connectivity index (χ0v) is 13.5. The Bertz CT molecular complexity index is 746. The second kappa shape index (κ2) is 6.47. The molecule has 1 saturated heterocycles. The molecule has 2 heterocycles. The molecule has 1 aliphatic rings. The van der Waals surface area contributed by atoms with Crippen LogP contribution in [0.15, 0.2) is 18.2 Å². The smallest absolute Gasteiger partial charge is 0.147 e. The lowest BCUT2D eigenvalue weighted by molar-refractivity contribution is 0.215. The average molecular weight is 313 g/mol. The fraction of sp³-hybridized carbons (Fsp3) is 0.471. The van der Waals surface area contributed by atoms with Gasteiger partial charge in [0.25, 0.3) is 0 Å². The first-order valence-corrected chi connectivity index (χ1v) is 7.87. The van der Waals surface area contributed by atoms with Gasteiger partial charge in [0.1, 0.15) is 17.5 Å². The summed E-state index contributed by atoms with van der Waals surface area (Å²) in [6, 6.07) is 6.94. The lowest BCUT2D eigenvalue weighted by Gasteiger charge is -2.25. The highest BCUT2D eigenvalue weighted by Gasteiger charge is 2.26. The number of rotatable bonds is 4. The number of halogens is 1. The molecule has 0 aliphatic carbocycles. The van der Waals surface area contributed by atoms with Gasteiger partial charge in [0.05, 0.1) is 18.2 Å². The maximum atomic E-state index is 14.0. The van der Waals surface area contributed by atoms with Gasteiger partial charge in [-0.15, -0.1) is 0 Å². The first kappa shape index (κ1) is 15.6. The van der Waals surface area contributed by atoms with Crippen molar-refractivity contribution in [3.63, 3.8) is 0 Å². The van der Waals surface area contributed by atoms with Gasteiger partial charge < -0.3 is 0 Å². The van der Waals surface area contributed by atoms with Crippen LogP contribution >= 0.6 is 0 Å². The van der Waals surface area contributed by atoms with E-state index in [-0.39, 0.29) is 5.82 Å². The number of aryl methyl sites for hydroxylation is 2. The Labute approximate surface area is 135 Å². The topological polar surface area (TPSA) is 57.7 Å².